The number of para-hydroxylation sites is 3. The van der Waals surface area contributed by atoms with Gasteiger partial charge in [0.2, 0.25) is 0 Å². The smallest absolute Gasteiger partial charge is 0.167 e. The van der Waals surface area contributed by atoms with Crippen LogP contribution in [0.5, 0.6) is 0 Å². The number of thiophene rings is 2. The molecule has 5 nitrogen and oxygen atoms in total. The summed E-state index contributed by atoms with van der Waals surface area (Å²) in [5, 5.41) is 11.7. The highest BCUT2D eigenvalue weighted by Gasteiger charge is 2.24. The lowest BCUT2D eigenvalue weighted by Gasteiger charge is -2.14. The van der Waals surface area contributed by atoms with Crippen LogP contribution in [0.25, 0.3) is 135 Å². The molecule has 14 aromatic rings. The molecule has 0 amide bonds. The molecule has 5 aromatic heterocycles. The molecule has 14 rings (SSSR count). The van der Waals surface area contributed by atoms with Crippen molar-refractivity contribution in [2.75, 3.05) is 0 Å². The predicted molar refractivity (Wildman–Crippen MR) is 261 cm³/mol. The van der Waals surface area contributed by atoms with Crippen LogP contribution < -0.4 is 0 Å². The van der Waals surface area contributed by atoms with Gasteiger partial charge >= 0.3 is 0 Å². The molecule has 0 unspecified atom stereocenters. The van der Waals surface area contributed by atoms with E-state index in [0.29, 0.717) is 17.5 Å². The van der Waals surface area contributed by atoms with Crippen molar-refractivity contribution in [1.82, 2.24) is 19.5 Å². The molecule has 62 heavy (non-hydrogen) atoms. The van der Waals surface area contributed by atoms with Crippen LogP contribution in [-0.2, 0) is 0 Å². The maximum atomic E-state index is 6.61. The van der Waals surface area contributed by atoms with Crippen LogP contribution in [0.4, 0.5) is 0 Å². The Hall–Kier alpha value is -7.71. The van der Waals surface area contributed by atoms with Gasteiger partial charge in [-0.1, -0.05) is 121 Å². The first kappa shape index (κ1) is 34.0. The Kier molecular flexibility index (Phi) is 7.08. The molecule has 0 saturated carbocycles. The fraction of sp³-hybridized carbons (Fsp3) is 0. The molecule has 0 bridgehead atoms. The molecule has 0 spiro atoms. The second-order valence-corrected chi connectivity index (χ2v) is 18.0. The van der Waals surface area contributed by atoms with Crippen molar-refractivity contribution in [1.29, 1.82) is 0 Å². The third-order valence-corrected chi connectivity index (χ3v) is 14.9. The van der Waals surface area contributed by atoms with Crippen LogP contribution >= 0.6 is 22.7 Å². The molecule has 0 atom stereocenters. The van der Waals surface area contributed by atoms with E-state index < -0.39 is 0 Å². The van der Waals surface area contributed by atoms with Gasteiger partial charge in [0.25, 0.3) is 0 Å². The summed E-state index contributed by atoms with van der Waals surface area (Å²) in [4.78, 5) is 16.2. The van der Waals surface area contributed by atoms with Gasteiger partial charge in [-0.2, -0.15) is 0 Å². The van der Waals surface area contributed by atoms with Gasteiger partial charge in [-0.25, -0.2) is 15.0 Å². The van der Waals surface area contributed by atoms with E-state index >= 15 is 0 Å². The van der Waals surface area contributed by atoms with E-state index in [-0.39, 0.29) is 0 Å². The van der Waals surface area contributed by atoms with Crippen LogP contribution in [0.2, 0.25) is 0 Å². The third-order valence-electron chi connectivity index (χ3n) is 12.5. The predicted octanol–water partition coefficient (Wildman–Crippen LogP) is 15.8. The number of fused-ring (bicyclic) bond motifs is 13. The first-order valence-corrected chi connectivity index (χ1v) is 22.3. The summed E-state index contributed by atoms with van der Waals surface area (Å²) in [6.45, 7) is 0. The van der Waals surface area contributed by atoms with Crippen LogP contribution in [-0.4, -0.2) is 19.5 Å². The van der Waals surface area contributed by atoms with Crippen molar-refractivity contribution in [3.63, 3.8) is 0 Å². The van der Waals surface area contributed by atoms with E-state index in [1.807, 2.05) is 23.5 Å². The molecule has 0 saturated heterocycles. The summed E-state index contributed by atoms with van der Waals surface area (Å²) in [5.74, 6) is 1.81. The largest absolute Gasteiger partial charge is 0.455 e. The van der Waals surface area contributed by atoms with Crippen molar-refractivity contribution >= 4 is 118 Å². The van der Waals surface area contributed by atoms with Crippen molar-refractivity contribution in [2.45, 2.75) is 0 Å². The van der Waals surface area contributed by atoms with E-state index in [1.165, 1.54) is 62.8 Å². The van der Waals surface area contributed by atoms with Gasteiger partial charge in [-0.15, -0.1) is 22.7 Å². The number of hydrogen-bond acceptors (Lipinski definition) is 6. The van der Waals surface area contributed by atoms with Crippen molar-refractivity contribution in [3.05, 3.63) is 182 Å². The van der Waals surface area contributed by atoms with Crippen molar-refractivity contribution in [3.8, 4) is 39.9 Å². The fourth-order valence-corrected chi connectivity index (χ4v) is 12.1. The standard InChI is InChI=1S/C55H30N4OS2/c1-2-14-32-30-45-42(29-31(32)13-1)33-15-3-7-23-43(33)59(45)44-28-27-39(49-38-18-6-10-26-48(38)62-52(44)49)53-56-54(40-21-11-19-36-34-16-4-8-24-46(34)60-50(36)40)58-55(57-53)41-22-12-20-37-35-17-5-9-25-47(35)61-51(37)41/h1-30H. The number of hydrogen-bond donors (Lipinski definition) is 0. The summed E-state index contributed by atoms with van der Waals surface area (Å²) in [5.41, 5.74) is 7.83. The van der Waals surface area contributed by atoms with E-state index in [9.17, 15) is 0 Å². The molecule has 0 N–H and O–H groups in total. The topological polar surface area (TPSA) is 56.7 Å². The van der Waals surface area contributed by atoms with Crippen LogP contribution in [0.3, 0.4) is 0 Å². The minimum Gasteiger partial charge on any atom is -0.455 e. The SMILES string of the molecule is c1ccc2cc3c(cc2c1)c1ccccc1n3-c1ccc(-c2nc(-c3cccc4c3oc3ccccc34)nc(-c3cccc4c3sc3ccccc34)n2)c2c1sc1ccccc12. The zero-order chi connectivity index (χ0) is 40.5. The Morgan fingerprint density at radius 3 is 1.82 bits per heavy atom. The summed E-state index contributed by atoms with van der Waals surface area (Å²) in [6, 6.07) is 64.8. The lowest BCUT2D eigenvalue weighted by atomic mass is 10.0. The summed E-state index contributed by atoms with van der Waals surface area (Å²) < 4.78 is 13.8. The molecular formula is C55H30N4OS2. The van der Waals surface area contributed by atoms with Crippen LogP contribution in [0.1, 0.15) is 0 Å². The highest BCUT2D eigenvalue weighted by atomic mass is 32.1. The Morgan fingerprint density at radius 2 is 0.984 bits per heavy atom. The number of aromatic nitrogens is 4. The van der Waals surface area contributed by atoms with E-state index in [2.05, 4.69) is 174 Å². The average Bonchev–Trinajstić information content (AvgIpc) is 4.10. The van der Waals surface area contributed by atoms with Gasteiger partial charge in [0.1, 0.15) is 11.2 Å². The van der Waals surface area contributed by atoms with Crippen LogP contribution in [0, 0.1) is 0 Å². The van der Waals surface area contributed by atoms with E-state index in [1.54, 1.807) is 11.3 Å². The Labute approximate surface area is 361 Å². The quantitative estimate of drug-likeness (QED) is 0.177. The summed E-state index contributed by atoms with van der Waals surface area (Å²) in [7, 11) is 0. The maximum absolute atomic E-state index is 6.61. The lowest BCUT2D eigenvalue weighted by molar-refractivity contribution is 0.669. The fourth-order valence-electron chi connectivity index (χ4n) is 9.68. The molecule has 0 aliphatic heterocycles. The molecule has 0 aliphatic rings. The van der Waals surface area contributed by atoms with Gasteiger partial charge in [-0.3, -0.25) is 0 Å². The summed E-state index contributed by atoms with van der Waals surface area (Å²) in [6.07, 6.45) is 0. The molecular weight excluding hydrogens is 797 g/mol. The van der Waals surface area contributed by atoms with E-state index in [0.717, 1.165) is 54.4 Å². The molecule has 9 aromatic carbocycles. The molecule has 288 valence electrons. The second kappa shape index (κ2) is 12.9. The lowest BCUT2D eigenvalue weighted by Crippen LogP contribution is -2.01. The Morgan fingerprint density at radius 1 is 0.387 bits per heavy atom. The molecule has 0 fully saturated rings. The number of nitrogens with zero attached hydrogens (tertiary/aromatic N) is 4. The van der Waals surface area contributed by atoms with Crippen LogP contribution in [0.15, 0.2) is 186 Å². The van der Waals surface area contributed by atoms with Crippen molar-refractivity contribution < 1.29 is 4.42 Å². The van der Waals surface area contributed by atoms with Gasteiger partial charge in [0.15, 0.2) is 17.5 Å². The zero-order valence-corrected chi connectivity index (χ0v) is 34.5. The first-order valence-electron chi connectivity index (χ1n) is 20.7. The van der Waals surface area contributed by atoms with Gasteiger partial charge < -0.3 is 8.98 Å². The Bertz CT molecular complexity index is 4060. The number of benzene rings is 9. The number of rotatable bonds is 4. The number of furan rings is 1. The van der Waals surface area contributed by atoms with E-state index in [4.69, 9.17) is 19.4 Å². The van der Waals surface area contributed by atoms with Crippen molar-refractivity contribution in [2.24, 2.45) is 0 Å². The van der Waals surface area contributed by atoms with Gasteiger partial charge in [0, 0.05) is 68.3 Å². The maximum Gasteiger partial charge on any atom is 0.167 e. The third kappa shape index (κ3) is 4.86. The summed E-state index contributed by atoms with van der Waals surface area (Å²) >= 11 is 3.60. The van der Waals surface area contributed by atoms with Gasteiger partial charge in [0.05, 0.1) is 27.0 Å². The minimum atomic E-state index is 0.568. The molecule has 7 heteroatoms. The molecule has 0 aliphatic carbocycles. The zero-order valence-electron chi connectivity index (χ0n) is 32.8. The average molecular weight is 827 g/mol. The minimum absolute atomic E-state index is 0.568. The second-order valence-electron chi connectivity index (χ2n) is 15.9. The highest BCUT2D eigenvalue weighted by Crippen LogP contribution is 2.46. The highest BCUT2D eigenvalue weighted by molar-refractivity contribution is 7.26. The normalized spacial score (nSPS) is 12.2. The monoisotopic (exact) mass is 826 g/mol. The molecule has 5 heterocycles. The molecule has 0 radical (unpaired) electrons. The van der Waals surface area contributed by atoms with Gasteiger partial charge in [-0.05, 0) is 71.4 Å². The Balaban J connectivity index is 1.08. The first-order chi connectivity index (χ1) is 30.7.